The summed E-state index contributed by atoms with van der Waals surface area (Å²) in [6, 6.07) is 20.6. The number of anilines is 2. The van der Waals surface area contributed by atoms with Crippen LogP contribution < -0.4 is 19.2 Å². The molecule has 2 N–H and O–H groups in total. The average Bonchev–Trinajstić information content (AvgIpc) is 3.74. The van der Waals surface area contributed by atoms with E-state index in [1.54, 1.807) is 6.92 Å². The molecule has 296 valence electrons. The largest absolute Gasteiger partial charge is 0.343 e. The summed E-state index contributed by atoms with van der Waals surface area (Å²) in [6.07, 6.45) is 11.9. The average molecular weight is 827 g/mol. The number of hydrogen-bond acceptors (Lipinski definition) is 12. The summed E-state index contributed by atoms with van der Waals surface area (Å²) in [5.74, 6) is -0.927. The van der Waals surface area contributed by atoms with Crippen LogP contribution in [0.2, 0.25) is 0 Å². The second-order valence-corrected chi connectivity index (χ2v) is 20.7. The van der Waals surface area contributed by atoms with E-state index in [-0.39, 0.29) is 29.3 Å². The van der Waals surface area contributed by atoms with E-state index in [4.69, 9.17) is 4.98 Å². The van der Waals surface area contributed by atoms with Gasteiger partial charge in [-0.05, 0) is 62.0 Å². The topological polar surface area (TPSA) is 159 Å². The third-order valence-electron chi connectivity index (χ3n) is 10.2. The van der Waals surface area contributed by atoms with Crippen molar-refractivity contribution in [2.75, 3.05) is 28.9 Å². The second-order valence-electron chi connectivity index (χ2n) is 15.0. The predicted molar refractivity (Wildman–Crippen MR) is 220 cm³/mol. The number of benzene rings is 2. The molecular formula is C39H50N6O6S4. The molecule has 0 radical (unpaired) electrons. The van der Waals surface area contributed by atoms with Gasteiger partial charge in [-0.1, -0.05) is 92.8 Å². The van der Waals surface area contributed by atoms with Crippen LogP contribution in [0.1, 0.15) is 99.6 Å². The van der Waals surface area contributed by atoms with Crippen LogP contribution in [0, 0.1) is 18.8 Å². The minimum atomic E-state index is -3.81. The van der Waals surface area contributed by atoms with Crippen LogP contribution in [-0.2, 0) is 39.6 Å². The number of amides is 2. The highest BCUT2D eigenvalue weighted by atomic mass is 32.2. The SMILES string of the molecule is Cc1sc(N(Cc2ccccc2)CC2CCCC(Cc3sc(N(Cc4ccccc4)C4CCCCC4)nc3C(=O)NS(C)(=O)=O)C2)nc1C(=O)NS(C)(=O)=O. The Morgan fingerprint density at radius 2 is 1.27 bits per heavy atom. The third-order valence-corrected chi connectivity index (χ3v) is 13.5. The summed E-state index contributed by atoms with van der Waals surface area (Å²) in [4.78, 5) is 41.9. The minimum Gasteiger partial charge on any atom is -0.343 e. The fourth-order valence-electron chi connectivity index (χ4n) is 7.81. The number of rotatable bonds is 15. The molecule has 2 aromatic heterocycles. The van der Waals surface area contributed by atoms with Gasteiger partial charge >= 0.3 is 0 Å². The summed E-state index contributed by atoms with van der Waals surface area (Å²) in [5.41, 5.74) is 2.52. The van der Waals surface area contributed by atoms with Gasteiger partial charge in [0.25, 0.3) is 11.8 Å². The molecule has 16 heteroatoms. The molecule has 2 heterocycles. The first-order valence-corrected chi connectivity index (χ1v) is 24.2. The Hall–Kier alpha value is -3.86. The monoisotopic (exact) mass is 826 g/mol. The quantitative estimate of drug-likeness (QED) is 0.132. The smallest absolute Gasteiger partial charge is 0.284 e. The van der Waals surface area contributed by atoms with Crippen LogP contribution in [-0.4, -0.2) is 63.7 Å². The van der Waals surface area contributed by atoms with Crippen LogP contribution in [0.4, 0.5) is 10.3 Å². The van der Waals surface area contributed by atoms with Crippen LogP contribution in [0.5, 0.6) is 0 Å². The highest BCUT2D eigenvalue weighted by Crippen LogP contribution is 2.39. The fraction of sp³-hybridized carbons (Fsp3) is 0.487. The molecule has 2 fully saturated rings. The number of carbonyl (C=O) groups is 2. The standard InChI is InChI=1S/C39H50N6O6S4/c1-27-34(36(46)42-54(2,48)49)40-38(52-27)44(24-28-14-7-4-8-15-28)25-31-19-13-18-30(22-31)23-33-35(37(47)43-55(3,50)51)41-39(53-33)45(32-20-11-6-12-21-32)26-29-16-9-5-10-17-29/h4-5,7-10,14-17,30-32H,6,11-13,18-26H2,1-3H3,(H,42,46)(H,43,47). The highest BCUT2D eigenvalue weighted by molar-refractivity contribution is 7.89. The lowest BCUT2D eigenvalue weighted by atomic mass is 9.79. The third kappa shape index (κ3) is 11.6. The first-order valence-electron chi connectivity index (χ1n) is 18.8. The Labute approximate surface area is 332 Å². The van der Waals surface area contributed by atoms with Crippen molar-refractivity contribution in [1.29, 1.82) is 0 Å². The van der Waals surface area contributed by atoms with Gasteiger partial charge in [0, 0.05) is 35.4 Å². The molecule has 0 aliphatic heterocycles. The van der Waals surface area contributed by atoms with E-state index < -0.39 is 31.9 Å². The van der Waals surface area contributed by atoms with Crippen molar-refractivity contribution in [3.63, 3.8) is 0 Å². The minimum absolute atomic E-state index is 0.0976. The molecule has 2 aliphatic carbocycles. The summed E-state index contributed by atoms with van der Waals surface area (Å²) >= 11 is 2.88. The van der Waals surface area contributed by atoms with E-state index in [9.17, 15) is 26.4 Å². The van der Waals surface area contributed by atoms with E-state index in [0.717, 1.165) is 85.0 Å². The number of thiazole rings is 2. The van der Waals surface area contributed by atoms with Crippen LogP contribution in [0.15, 0.2) is 60.7 Å². The molecule has 2 aliphatic rings. The van der Waals surface area contributed by atoms with Gasteiger partial charge in [-0.15, -0.1) is 22.7 Å². The summed E-state index contributed by atoms with van der Waals surface area (Å²) in [5, 5.41) is 1.40. The number of hydrogen-bond donors (Lipinski definition) is 2. The molecule has 55 heavy (non-hydrogen) atoms. The maximum Gasteiger partial charge on any atom is 0.284 e. The van der Waals surface area contributed by atoms with Gasteiger partial charge in [-0.3, -0.25) is 9.59 Å². The van der Waals surface area contributed by atoms with Crippen molar-refractivity contribution in [3.8, 4) is 0 Å². The maximum atomic E-state index is 13.5. The molecular weight excluding hydrogens is 777 g/mol. The Balaban J connectivity index is 1.25. The summed E-state index contributed by atoms with van der Waals surface area (Å²) < 4.78 is 52.3. The Bertz CT molecular complexity index is 2150. The van der Waals surface area contributed by atoms with Crippen molar-refractivity contribution >= 4 is 64.8 Å². The van der Waals surface area contributed by atoms with Gasteiger partial charge in [0.15, 0.2) is 10.3 Å². The zero-order chi connectivity index (χ0) is 39.2. The summed E-state index contributed by atoms with van der Waals surface area (Å²) in [6.45, 7) is 3.66. The zero-order valence-electron chi connectivity index (χ0n) is 31.6. The predicted octanol–water partition coefficient (Wildman–Crippen LogP) is 6.68. The number of nitrogens with zero attached hydrogens (tertiary/aromatic N) is 4. The van der Waals surface area contributed by atoms with Gasteiger partial charge < -0.3 is 9.80 Å². The van der Waals surface area contributed by atoms with Crippen LogP contribution >= 0.6 is 22.7 Å². The molecule has 0 bridgehead atoms. The molecule has 0 spiro atoms. The fourth-order valence-corrected chi connectivity index (χ4v) is 10.8. The van der Waals surface area contributed by atoms with Gasteiger partial charge in [-0.25, -0.2) is 36.2 Å². The van der Waals surface area contributed by atoms with Crippen LogP contribution in [0.3, 0.4) is 0 Å². The van der Waals surface area contributed by atoms with Crippen molar-refractivity contribution in [1.82, 2.24) is 19.4 Å². The molecule has 6 rings (SSSR count). The lowest BCUT2D eigenvalue weighted by molar-refractivity contribution is 0.0967. The van der Waals surface area contributed by atoms with E-state index in [1.807, 2.05) is 53.3 Å². The number of carbonyl (C=O) groups excluding carboxylic acids is 2. The highest BCUT2D eigenvalue weighted by Gasteiger charge is 2.32. The molecule has 2 unspecified atom stereocenters. The lowest BCUT2D eigenvalue weighted by Gasteiger charge is -2.34. The zero-order valence-corrected chi connectivity index (χ0v) is 34.8. The van der Waals surface area contributed by atoms with Crippen molar-refractivity contribution < 1.29 is 26.4 Å². The molecule has 0 saturated heterocycles. The van der Waals surface area contributed by atoms with E-state index >= 15 is 0 Å². The Morgan fingerprint density at radius 3 is 1.89 bits per heavy atom. The number of aryl methyl sites for hydroxylation is 1. The lowest BCUT2D eigenvalue weighted by Crippen LogP contribution is -2.36. The first kappa shape index (κ1) is 40.8. The van der Waals surface area contributed by atoms with Gasteiger partial charge in [0.2, 0.25) is 20.0 Å². The maximum absolute atomic E-state index is 13.5. The summed E-state index contributed by atoms with van der Waals surface area (Å²) in [7, 11) is -7.56. The van der Waals surface area contributed by atoms with Crippen molar-refractivity contribution in [3.05, 3.63) is 92.9 Å². The number of sulfonamides is 2. The molecule has 2 amide bonds. The van der Waals surface area contributed by atoms with Gasteiger partial charge in [0.1, 0.15) is 11.4 Å². The number of nitrogens with one attached hydrogen (secondary N) is 2. The Kier molecular flexibility index (Phi) is 13.3. The second kappa shape index (κ2) is 17.9. The van der Waals surface area contributed by atoms with Crippen molar-refractivity contribution in [2.45, 2.75) is 90.3 Å². The molecule has 12 nitrogen and oxygen atoms in total. The normalized spacial score (nSPS) is 18.1. The van der Waals surface area contributed by atoms with E-state index in [1.165, 1.54) is 29.1 Å². The van der Waals surface area contributed by atoms with E-state index in [0.29, 0.717) is 36.1 Å². The van der Waals surface area contributed by atoms with E-state index in [2.05, 4.69) is 31.6 Å². The van der Waals surface area contributed by atoms with Crippen molar-refractivity contribution in [2.24, 2.45) is 11.8 Å². The molecule has 2 saturated carbocycles. The molecule has 2 aromatic carbocycles. The van der Waals surface area contributed by atoms with Gasteiger partial charge in [0.05, 0.1) is 12.5 Å². The molecule has 4 aromatic rings. The molecule has 2 atom stereocenters. The first-order chi connectivity index (χ1) is 26.2. The van der Waals surface area contributed by atoms with Gasteiger partial charge in [-0.2, -0.15) is 0 Å². The number of aromatic nitrogens is 2. The Morgan fingerprint density at radius 1 is 0.709 bits per heavy atom. The van der Waals surface area contributed by atoms with Crippen LogP contribution in [0.25, 0.3) is 0 Å².